The van der Waals surface area contributed by atoms with Crippen molar-refractivity contribution in [2.75, 3.05) is 0 Å². The fraction of sp³-hybridized carbons (Fsp3) is 0.188. The van der Waals surface area contributed by atoms with Crippen molar-refractivity contribution in [2.24, 2.45) is 0 Å². The molecule has 0 aliphatic heterocycles. The summed E-state index contributed by atoms with van der Waals surface area (Å²) in [5, 5.41) is 0. The van der Waals surface area contributed by atoms with Gasteiger partial charge >= 0.3 is 0 Å². The van der Waals surface area contributed by atoms with Crippen LogP contribution >= 0.6 is 0 Å². The summed E-state index contributed by atoms with van der Waals surface area (Å²) in [5.41, 5.74) is 1.12. The van der Waals surface area contributed by atoms with Gasteiger partial charge in [0.15, 0.2) is 5.78 Å². The summed E-state index contributed by atoms with van der Waals surface area (Å²) in [7, 11) is 0. The minimum Gasteiger partial charge on any atom is -0.294 e. The molecule has 3 heteroatoms. The van der Waals surface area contributed by atoms with Crippen LogP contribution in [0.15, 0.2) is 48.5 Å². The predicted molar refractivity (Wildman–Crippen MR) is 70.1 cm³/mol. The van der Waals surface area contributed by atoms with Crippen molar-refractivity contribution >= 4 is 5.78 Å². The van der Waals surface area contributed by atoms with E-state index in [0.717, 1.165) is 24.1 Å². The largest absolute Gasteiger partial charge is 0.294 e. The summed E-state index contributed by atoms with van der Waals surface area (Å²) in [6.07, 6.45) is 1.69. The third-order valence-electron chi connectivity index (χ3n) is 2.94. The first kappa shape index (κ1) is 13.4. The molecule has 0 N–H and O–H groups in total. The van der Waals surface area contributed by atoms with Gasteiger partial charge in [-0.15, -0.1) is 0 Å². The van der Waals surface area contributed by atoms with Crippen molar-refractivity contribution in [3.8, 4) is 0 Å². The quantitative estimate of drug-likeness (QED) is 0.737. The minimum absolute atomic E-state index is 0.0329. The molecule has 2 aromatic carbocycles. The van der Waals surface area contributed by atoms with Gasteiger partial charge in [-0.25, -0.2) is 8.78 Å². The summed E-state index contributed by atoms with van der Waals surface area (Å²) < 4.78 is 26.1. The van der Waals surface area contributed by atoms with Crippen molar-refractivity contribution in [1.29, 1.82) is 0 Å². The Labute approximate surface area is 110 Å². The lowest BCUT2D eigenvalue weighted by Crippen LogP contribution is -2.03. The average molecular weight is 260 g/mol. The second kappa shape index (κ2) is 6.23. The van der Waals surface area contributed by atoms with Crippen LogP contribution in [0.1, 0.15) is 28.8 Å². The van der Waals surface area contributed by atoms with Crippen LogP contribution in [-0.2, 0) is 6.42 Å². The number of Topliss-reactive ketones (excluding diaryl/α,β-unsaturated/α-hetero) is 1. The van der Waals surface area contributed by atoms with E-state index in [2.05, 4.69) is 0 Å². The van der Waals surface area contributed by atoms with Gasteiger partial charge in [-0.2, -0.15) is 0 Å². The number of hydrogen-bond donors (Lipinski definition) is 0. The highest BCUT2D eigenvalue weighted by atomic mass is 19.1. The highest BCUT2D eigenvalue weighted by Crippen LogP contribution is 2.14. The van der Waals surface area contributed by atoms with E-state index in [1.807, 2.05) is 30.3 Å². The van der Waals surface area contributed by atoms with Gasteiger partial charge in [-0.1, -0.05) is 30.3 Å². The molecule has 0 fully saturated rings. The highest BCUT2D eigenvalue weighted by Gasteiger charge is 2.11. The zero-order valence-corrected chi connectivity index (χ0v) is 10.4. The number of carbonyl (C=O) groups excluding carboxylic acids is 1. The Bertz CT molecular complexity index is 564. The zero-order chi connectivity index (χ0) is 13.7. The van der Waals surface area contributed by atoms with E-state index in [0.29, 0.717) is 6.42 Å². The topological polar surface area (TPSA) is 17.1 Å². The summed E-state index contributed by atoms with van der Waals surface area (Å²) in [6, 6.07) is 12.8. The van der Waals surface area contributed by atoms with Crippen molar-refractivity contribution < 1.29 is 13.6 Å². The second-order valence-electron chi connectivity index (χ2n) is 4.39. The number of hydrogen-bond acceptors (Lipinski definition) is 1. The van der Waals surface area contributed by atoms with Crippen LogP contribution in [0.2, 0.25) is 0 Å². The number of benzene rings is 2. The van der Waals surface area contributed by atoms with E-state index in [9.17, 15) is 13.6 Å². The maximum atomic E-state index is 13.4. The van der Waals surface area contributed by atoms with Gasteiger partial charge in [0.1, 0.15) is 11.6 Å². The number of halogens is 2. The molecule has 0 unspecified atom stereocenters. The fourth-order valence-corrected chi connectivity index (χ4v) is 1.95. The molecule has 1 nitrogen and oxygen atoms in total. The van der Waals surface area contributed by atoms with Gasteiger partial charge in [0.25, 0.3) is 0 Å². The molecule has 0 aliphatic carbocycles. The number of ketones is 1. The SMILES string of the molecule is O=C(CCCc1ccccc1)c1ccc(F)cc1F. The molecular formula is C16H14F2O. The maximum Gasteiger partial charge on any atom is 0.165 e. The Morgan fingerprint density at radius 3 is 2.42 bits per heavy atom. The van der Waals surface area contributed by atoms with Gasteiger partial charge in [0.05, 0.1) is 5.56 Å². The molecule has 0 amide bonds. The average Bonchev–Trinajstić information content (AvgIpc) is 2.39. The van der Waals surface area contributed by atoms with E-state index >= 15 is 0 Å². The summed E-state index contributed by atoms with van der Waals surface area (Å²) >= 11 is 0. The van der Waals surface area contributed by atoms with Gasteiger partial charge in [-0.05, 0) is 30.5 Å². The summed E-state index contributed by atoms with van der Waals surface area (Å²) in [5.74, 6) is -1.74. The van der Waals surface area contributed by atoms with Gasteiger partial charge < -0.3 is 0 Å². The number of carbonyl (C=O) groups is 1. The zero-order valence-electron chi connectivity index (χ0n) is 10.4. The minimum atomic E-state index is -0.787. The Kier molecular flexibility index (Phi) is 4.39. The number of aryl methyl sites for hydroxylation is 1. The maximum absolute atomic E-state index is 13.4. The monoisotopic (exact) mass is 260 g/mol. The highest BCUT2D eigenvalue weighted by molar-refractivity contribution is 5.96. The standard InChI is InChI=1S/C16H14F2O/c17-13-9-10-14(15(18)11-13)16(19)8-4-7-12-5-2-1-3-6-12/h1-3,5-6,9-11H,4,7-8H2. The Morgan fingerprint density at radius 2 is 1.74 bits per heavy atom. The van der Waals surface area contributed by atoms with E-state index in [-0.39, 0.29) is 17.8 Å². The van der Waals surface area contributed by atoms with Gasteiger partial charge in [0.2, 0.25) is 0 Å². The Balaban J connectivity index is 1.91. The van der Waals surface area contributed by atoms with Crippen LogP contribution in [0, 0.1) is 11.6 Å². The smallest absolute Gasteiger partial charge is 0.165 e. The normalized spacial score (nSPS) is 10.4. The molecule has 98 valence electrons. The van der Waals surface area contributed by atoms with Crippen LogP contribution in [0.3, 0.4) is 0 Å². The Morgan fingerprint density at radius 1 is 1.00 bits per heavy atom. The fourth-order valence-electron chi connectivity index (χ4n) is 1.95. The van der Waals surface area contributed by atoms with Crippen molar-refractivity contribution in [3.63, 3.8) is 0 Å². The molecule has 0 bridgehead atoms. The van der Waals surface area contributed by atoms with Crippen molar-refractivity contribution in [2.45, 2.75) is 19.3 Å². The van der Waals surface area contributed by atoms with Crippen molar-refractivity contribution in [3.05, 3.63) is 71.3 Å². The lowest BCUT2D eigenvalue weighted by molar-refractivity contribution is 0.0976. The molecule has 19 heavy (non-hydrogen) atoms. The lowest BCUT2D eigenvalue weighted by atomic mass is 10.0. The van der Waals surface area contributed by atoms with Crippen molar-refractivity contribution in [1.82, 2.24) is 0 Å². The molecule has 0 heterocycles. The molecule has 2 rings (SSSR count). The second-order valence-corrected chi connectivity index (χ2v) is 4.39. The van der Waals surface area contributed by atoms with Crippen LogP contribution in [-0.4, -0.2) is 5.78 Å². The molecule has 0 saturated carbocycles. The van der Waals surface area contributed by atoms with Crippen LogP contribution < -0.4 is 0 Å². The van der Waals surface area contributed by atoms with Crippen LogP contribution in [0.4, 0.5) is 8.78 Å². The molecule has 0 aromatic heterocycles. The molecule has 0 radical (unpaired) electrons. The van der Waals surface area contributed by atoms with Gasteiger partial charge in [-0.3, -0.25) is 4.79 Å². The number of rotatable bonds is 5. The molecule has 2 aromatic rings. The van der Waals surface area contributed by atoms with E-state index < -0.39 is 11.6 Å². The van der Waals surface area contributed by atoms with Crippen LogP contribution in [0.5, 0.6) is 0 Å². The summed E-state index contributed by atoms with van der Waals surface area (Å²) in [6.45, 7) is 0. The summed E-state index contributed by atoms with van der Waals surface area (Å²) in [4.78, 5) is 11.8. The molecule has 0 saturated heterocycles. The predicted octanol–water partition coefficient (Wildman–Crippen LogP) is 4.17. The molecule has 0 aliphatic rings. The molecule has 0 atom stereocenters. The first-order chi connectivity index (χ1) is 9.16. The molecule has 0 spiro atoms. The third-order valence-corrected chi connectivity index (χ3v) is 2.94. The van der Waals surface area contributed by atoms with Crippen LogP contribution in [0.25, 0.3) is 0 Å². The van der Waals surface area contributed by atoms with E-state index in [1.165, 1.54) is 6.07 Å². The van der Waals surface area contributed by atoms with E-state index in [4.69, 9.17) is 0 Å². The van der Waals surface area contributed by atoms with Gasteiger partial charge in [0, 0.05) is 12.5 Å². The first-order valence-electron chi connectivity index (χ1n) is 6.19. The van der Waals surface area contributed by atoms with E-state index in [1.54, 1.807) is 0 Å². The molecular weight excluding hydrogens is 246 g/mol. The Hall–Kier alpha value is -2.03. The lowest BCUT2D eigenvalue weighted by Gasteiger charge is -2.03. The first-order valence-corrected chi connectivity index (χ1v) is 6.19. The third kappa shape index (κ3) is 3.71.